The van der Waals surface area contributed by atoms with E-state index in [9.17, 15) is 9.50 Å². The Bertz CT molecular complexity index is 982. The number of aromatic nitrogens is 5. The van der Waals surface area contributed by atoms with Crippen LogP contribution in [0.25, 0.3) is 16.9 Å². The fourth-order valence-corrected chi connectivity index (χ4v) is 3.13. The molecule has 0 unspecified atom stereocenters. The number of anilines is 1. The van der Waals surface area contributed by atoms with Gasteiger partial charge in [0, 0.05) is 18.1 Å². The molecule has 1 saturated heterocycles. The van der Waals surface area contributed by atoms with Crippen LogP contribution in [0.3, 0.4) is 0 Å². The zero-order valence-corrected chi connectivity index (χ0v) is 16.1. The van der Waals surface area contributed by atoms with E-state index in [-0.39, 0.29) is 23.6 Å². The van der Waals surface area contributed by atoms with Crippen LogP contribution in [0.5, 0.6) is 0 Å². The summed E-state index contributed by atoms with van der Waals surface area (Å²) in [7, 11) is 0. The second kappa shape index (κ2) is 7.06. The van der Waals surface area contributed by atoms with Crippen molar-refractivity contribution in [1.82, 2.24) is 24.8 Å². The summed E-state index contributed by atoms with van der Waals surface area (Å²) in [6.07, 6.45) is 1.40. The van der Waals surface area contributed by atoms with Gasteiger partial charge in [0.15, 0.2) is 5.82 Å². The summed E-state index contributed by atoms with van der Waals surface area (Å²) in [4.78, 5) is 4.18. The molecule has 9 heteroatoms. The molecule has 1 fully saturated rings. The van der Waals surface area contributed by atoms with Gasteiger partial charge in [0.05, 0.1) is 36.3 Å². The van der Waals surface area contributed by atoms with Gasteiger partial charge in [-0.05, 0) is 18.6 Å². The molecular formula is C19H23FN6O2. The third kappa shape index (κ3) is 3.55. The molecule has 8 nitrogen and oxygen atoms in total. The number of aliphatic hydroxyl groups excluding tert-OH is 1. The number of fused-ring (bicyclic) bond motifs is 1. The van der Waals surface area contributed by atoms with Gasteiger partial charge in [0.25, 0.3) is 0 Å². The summed E-state index contributed by atoms with van der Waals surface area (Å²) in [6.45, 7) is 6.98. The lowest BCUT2D eigenvalue weighted by molar-refractivity contribution is -0.0136. The third-order valence-corrected chi connectivity index (χ3v) is 4.80. The van der Waals surface area contributed by atoms with Crippen LogP contribution in [0, 0.1) is 5.82 Å². The second-order valence-electron chi connectivity index (χ2n) is 7.99. The number of ether oxygens (including phenoxy) is 1. The van der Waals surface area contributed by atoms with Gasteiger partial charge in [-0.1, -0.05) is 20.8 Å². The molecule has 0 spiro atoms. The molecule has 0 aliphatic carbocycles. The molecule has 2 N–H and O–H groups in total. The minimum Gasteiger partial charge on any atom is -0.389 e. The molecule has 3 aromatic rings. The maximum absolute atomic E-state index is 14.4. The Morgan fingerprint density at radius 1 is 1.29 bits per heavy atom. The molecule has 148 valence electrons. The SMILES string of the molecule is CC(C)(C)c1ccc(-c2cc(F)c3cnc(N[C@@H]4CCOC[C@H]4O)nn23)nn1. The Morgan fingerprint density at radius 3 is 2.79 bits per heavy atom. The zero-order chi connectivity index (χ0) is 19.9. The lowest BCUT2D eigenvalue weighted by atomic mass is 9.92. The predicted octanol–water partition coefficient (Wildman–Crippen LogP) is 2.18. The average molecular weight is 386 g/mol. The normalized spacial score (nSPS) is 20.5. The van der Waals surface area contributed by atoms with Crippen molar-refractivity contribution in [3.63, 3.8) is 0 Å². The first kappa shape index (κ1) is 18.7. The Labute approximate surface area is 161 Å². The summed E-state index contributed by atoms with van der Waals surface area (Å²) in [6, 6.07) is 4.85. The molecule has 28 heavy (non-hydrogen) atoms. The number of nitrogens with zero attached hydrogens (tertiary/aromatic N) is 5. The summed E-state index contributed by atoms with van der Waals surface area (Å²) in [5.74, 6) is -0.135. The molecule has 4 heterocycles. The number of rotatable bonds is 3. The van der Waals surface area contributed by atoms with Crippen LogP contribution in [0.2, 0.25) is 0 Å². The number of hydrogen-bond donors (Lipinski definition) is 2. The van der Waals surface area contributed by atoms with Crippen molar-refractivity contribution < 1.29 is 14.2 Å². The quantitative estimate of drug-likeness (QED) is 0.712. The Balaban J connectivity index is 1.69. The maximum Gasteiger partial charge on any atom is 0.241 e. The monoisotopic (exact) mass is 386 g/mol. The number of nitrogens with one attached hydrogen (secondary N) is 1. The molecule has 3 aromatic heterocycles. The van der Waals surface area contributed by atoms with E-state index in [4.69, 9.17) is 4.74 Å². The van der Waals surface area contributed by atoms with Crippen LogP contribution < -0.4 is 5.32 Å². The van der Waals surface area contributed by atoms with Gasteiger partial charge in [-0.15, -0.1) is 10.2 Å². The van der Waals surface area contributed by atoms with Crippen molar-refractivity contribution in [1.29, 1.82) is 0 Å². The van der Waals surface area contributed by atoms with Crippen LogP contribution in [0.1, 0.15) is 32.9 Å². The first-order chi connectivity index (χ1) is 13.3. The van der Waals surface area contributed by atoms with Crippen LogP contribution in [0.15, 0.2) is 24.4 Å². The summed E-state index contributed by atoms with van der Waals surface area (Å²) < 4.78 is 21.1. The molecule has 4 rings (SSSR count). The standard InChI is InChI=1S/C19H23FN6O2/c1-19(2,3)17-5-4-12(23-24-17)14-8-11(20)15-9-21-18(25-26(14)15)22-13-6-7-28-10-16(13)27/h4-5,8-9,13,16,27H,6-7,10H2,1-3H3,(H,22,25)/t13-,16-/m1/s1. The first-order valence-electron chi connectivity index (χ1n) is 9.24. The first-order valence-corrected chi connectivity index (χ1v) is 9.24. The maximum atomic E-state index is 14.4. The van der Waals surface area contributed by atoms with E-state index in [0.717, 1.165) is 5.69 Å². The molecule has 0 amide bonds. The minimum absolute atomic E-state index is 0.123. The smallest absolute Gasteiger partial charge is 0.241 e. The van der Waals surface area contributed by atoms with Gasteiger partial charge in [0.1, 0.15) is 11.2 Å². The highest BCUT2D eigenvalue weighted by atomic mass is 19.1. The number of halogens is 1. The Morgan fingerprint density at radius 2 is 2.11 bits per heavy atom. The highest BCUT2D eigenvalue weighted by molar-refractivity contribution is 5.64. The van der Waals surface area contributed by atoms with Gasteiger partial charge in [0.2, 0.25) is 5.95 Å². The van der Waals surface area contributed by atoms with Crippen molar-refractivity contribution in [2.24, 2.45) is 0 Å². The van der Waals surface area contributed by atoms with E-state index in [1.165, 1.54) is 16.8 Å². The van der Waals surface area contributed by atoms with E-state index in [2.05, 4.69) is 46.4 Å². The highest BCUT2D eigenvalue weighted by Gasteiger charge is 2.25. The molecule has 1 aliphatic rings. The molecular weight excluding hydrogens is 363 g/mol. The minimum atomic E-state index is -0.648. The van der Waals surface area contributed by atoms with Gasteiger partial charge in [-0.25, -0.2) is 13.9 Å². The van der Waals surface area contributed by atoms with Crippen LogP contribution in [-0.4, -0.2) is 55.3 Å². The summed E-state index contributed by atoms with van der Waals surface area (Å²) in [5, 5.41) is 26.1. The van der Waals surface area contributed by atoms with Crippen molar-refractivity contribution in [2.45, 2.75) is 44.8 Å². The van der Waals surface area contributed by atoms with Crippen LogP contribution >= 0.6 is 0 Å². The fraction of sp³-hybridized carbons (Fsp3) is 0.474. The van der Waals surface area contributed by atoms with Crippen molar-refractivity contribution in [2.75, 3.05) is 18.5 Å². The van der Waals surface area contributed by atoms with E-state index < -0.39 is 11.9 Å². The highest BCUT2D eigenvalue weighted by Crippen LogP contribution is 2.25. The lowest BCUT2D eigenvalue weighted by Crippen LogP contribution is -2.42. The Hall–Kier alpha value is -2.65. The number of aliphatic hydroxyl groups is 1. The molecule has 0 radical (unpaired) electrons. The zero-order valence-electron chi connectivity index (χ0n) is 16.1. The number of hydrogen-bond acceptors (Lipinski definition) is 7. The van der Waals surface area contributed by atoms with Crippen molar-refractivity contribution in [3.05, 3.63) is 35.9 Å². The summed E-state index contributed by atoms with van der Waals surface area (Å²) in [5.41, 5.74) is 1.97. The molecule has 0 aromatic carbocycles. The van der Waals surface area contributed by atoms with E-state index in [1.54, 1.807) is 0 Å². The second-order valence-corrected chi connectivity index (χ2v) is 7.99. The van der Waals surface area contributed by atoms with Crippen molar-refractivity contribution >= 4 is 11.5 Å². The van der Waals surface area contributed by atoms with E-state index >= 15 is 0 Å². The Kier molecular flexibility index (Phi) is 4.72. The van der Waals surface area contributed by atoms with E-state index in [1.807, 2.05) is 12.1 Å². The van der Waals surface area contributed by atoms with Crippen LogP contribution in [0.4, 0.5) is 10.3 Å². The third-order valence-electron chi connectivity index (χ3n) is 4.80. The van der Waals surface area contributed by atoms with Gasteiger partial charge in [-0.2, -0.15) is 5.10 Å². The molecule has 1 aliphatic heterocycles. The van der Waals surface area contributed by atoms with Crippen molar-refractivity contribution in [3.8, 4) is 11.4 Å². The topological polar surface area (TPSA) is 97.5 Å². The van der Waals surface area contributed by atoms with Gasteiger partial charge in [-0.3, -0.25) is 0 Å². The predicted molar refractivity (Wildman–Crippen MR) is 102 cm³/mol. The average Bonchev–Trinajstić information content (AvgIpc) is 2.99. The summed E-state index contributed by atoms with van der Waals surface area (Å²) >= 11 is 0. The molecule has 0 saturated carbocycles. The van der Waals surface area contributed by atoms with Crippen LogP contribution in [-0.2, 0) is 10.2 Å². The molecule has 0 bridgehead atoms. The van der Waals surface area contributed by atoms with Gasteiger partial charge >= 0.3 is 0 Å². The molecule has 2 atom stereocenters. The fourth-order valence-electron chi connectivity index (χ4n) is 3.13. The largest absolute Gasteiger partial charge is 0.389 e. The van der Waals surface area contributed by atoms with E-state index in [0.29, 0.717) is 30.4 Å². The van der Waals surface area contributed by atoms with Gasteiger partial charge < -0.3 is 15.2 Å². The lowest BCUT2D eigenvalue weighted by Gasteiger charge is -2.28.